The number of ether oxygens (including phenoxy) is 1. The Kier molecular flexibility index (Phi) is 3.19. The summed E-state index contributed by atoms with van der Waals surface area (Å²) in [4.78, 5) is 12.1. The quantitative estimate of drug-likeness (QED) is 0.800. The van der Waals surface area contributed by atoms with Crippen LogP contribution in [0.25, 0.3) is 0 Å². The molecule has 0 saturated carbocycles. The van der Waals surface area contributed by atoms with Crippen molar-refractivity contribution >= 4 is 28.9 Å². The Balaban J connectivity index is 3.12. The molecule has 0 aromatic carbocycles. The number of hydrogen-bond donors (Lipinski definition) is 1. The molecule has 0 saturated heterocycles. The van der Waals surface area contributed by atoms with Crippen molar-refractivity contribution in [2.45, 2.75) is 19.4 Å². The molecule has 0 bridgehead atoms. The average molecular weight is 235 g/mol. The molecule has 3 nitrogen and oxygen atoms in total. The van der Waals surface area contributed by atoms with Gasteiger partial charge in [0.05, 0.1) is 22.6 Å². The van der Waals surface area contributed by atoms with Gasteiger partial charge < -0.3 is 9.84 Å². The summed E-state index contributed by atoms with van der Waals surface area (Å²) in [5, 5.41) is 10.1. The van der Waals surface area contributed by atoms with E-state index in [0.717, 1.165) is 11.3 Å². The van der Waals surface area contributed by atoms with Crippen LogP contribution in [0, 0.1) is 0 Å². The summed E-state index contributed by atoms with van der Waals surface area (Å²) >= 11 is 7.02. The van der Waals surface area contributed by atoms with E-state index in [1.807, 2.05) is 0 Å². The first kappa shape index (κ1) is 11.5. The highest BCUT2D eigenvalue weighted by Crippen LogP contribution is 2.35. The molecular weight excluding hydrogens is 224 g/mol. The zero-order chi connectivity index (χ0) is 10.9. The van der Waals surface area contributed by atoms with Crippen LogP contribution in [0.2, 0.25) is 5.02 Å². The number of rotatable bonds is 2. The highest BCUT2D eigenvalue weighted by Gasteiger charge is 2.24. The molecule has 0 spiro atoms. The second-order valence-corrected chi connectivity index (χ2v) is 4.80. The summed E-state index contributed by atoms with van der Waals surface area (Å²) in [7, 11) is 1.31. The molecule has 5 heteroatoms. The van der Waals surface area contributed by atoms with Crippen LogP contribution < -0.4 is 0 Å². The summed E-state index contributed by atoms with van der Waals surface area (Å²) in [6, 6.07) is 1.51. The topological polar surface area (TPSA) is 46.5 Å². The smallest absolute Gasteiger partial charge is 0.348 e. The Hall–Kier alpha value is -0.580. The van der Waals surface area contributed by atoms with Crippen molar-refractivity contribution in [3.8, 4) is 0 Å². The lowest BCUT2D eigenvalue weighted by Crippen LogP contribution is -2.13. The lowest BCUT2D eigenvalue weighted by atomic mass is 10.1. The van der Waals surface area contributed by atoms with Gasteiger partial charge in [-0.1, -0.05) is 11.6 Å². The molecule has 0 aliphatic heterocycles. The van der Waals surface area contributed by atoms with E-state index >= 15 is 0 Å². The van der Waals surface area contributed by atoms with Crippen molar-refractivity contribution in [2.24, 2.45) is 0 Å². The summed E-state index contributed by atoms with van der Waals surface area (Å²) in [5.41, 5.74) is -1.03. The van der Waals surface area contributed by atoms with Gasteiger partial charge >= 0.3 is 5.97 Å². The minimum atomic E-state index is -1.03. The van der Waals surface area contributed by atoms with E-state index < -0.39 is 11.6 Å². The predicted molar refractivity (Wildman–Crippen MR) is 55.9 cm³/mol. The minimum absolute atomic E-state index is 0.392. The first-order chi connectivity index (χ1) is 6.36. The van der Waals surface area contributed by atoms with Crippen molar-refractivity contribution in [2.75, 3.05) is 7.11 Å². The maximum atomic E-state index is 11.2. The van der Waals surface area contributed by atoms with Gasteiger partial charge in [0.2, 0.25) is 0 Å². The fourth-order valence-corrected chi connectivity index (χ4v) is 2.48. The molecule has 0 unspecified atom stereocenters. The van der Waals surface area contributed by atoms with Gasteiger partial charge in [0, 0.05) is 0 Å². The SMILES string of the molecule is COC(=O)c1cc(Cl)c(C(C)(C)O)s1. The second-order valence-electron chi connectivity index (χ2n) is 3.34. The van der Waals surface area contributed by atoms with Crippen LogP contribution >= 0.6 is 22.9 Å². The Bertz CT molecular complexity index is 351. The number of carbonyl (C=O) groups excluding carboxylic acids is 1. The van der Waals surface area contributed by atoms with Crippen LogP contribution in [0.15, 0.2) is 6.07 Å². The molecule has 0 radical (unpaired) electrons. The van der Waals surface area contributed by atoms with Crippen molar-refractivity contribution in [3.05, 3.63) is 20.8 Å². The van der Waals surface area contributed by atoms with Gasteiger partial charge in [-0.2, -0.15) is 0 Å². The Morgan fingerprint density at radius 2 is 2.21 bits per heavy atom. The summed E-state index contributed by atoms with van der Waals surface area (Å²) in [5.74, 6) is -0.438. The molecule has 1 rings (SSSR count). The molecule has 1 N–H and O–H groups in total. The van der Waals surface area contributed by atoms with Crippen LogP contribution in [-0.4, -0.2) is 18.2 Å². The lowest BCUT2D eigenvalue weighted by Gasteiger charge is -2.15. The van der Waals surface area contributed by atoms with Gasteiger partial charge in [-0.15, -0.1) is 11.3 Å². The van der Waals surface area contributed by atoms with Crippen molar-refractivity contribution in [1.29, 1.82) is 0 Å². The molecule has 0 fully saturated rings. The van der Waals surface area contributed by atoms with Gasteiger partial charge in [0.15, 0.2) is 0 Å². The predicted octanol–water partition coefficient (Wildman–Crippen LogP) is 2.42. The number of hydrogen-bond acceptors (Lipinski definition) is 4. The monoisotopic (exact) mass is 234 g/mol. The highest BCUT2D eigenvalue weighted by atomic mass is 35.5. The first-order valence-corrected chi connectivity index (χ1v) is 5.16. The second kappa shape index (κ2) is 3.88. The minimum Gasteiger partial charge on any atom is -0.465 e. The van der Waals surface area contributed by atoms with Crippen LogP contribution in [0.3, 0.4) is 0 Å². The number of methoxy groups -OCH3 is 1. The molecule has 14 heavy (non-hydrogen) atoms. The molecule has 0 atom stereocenters. The van der Waals surface area contributed by atoms with E-state index in [-0.39, 0.29) is 0 Å². The number of halogens is 1. The third kappa shape index (κ3) is 2.26. The summed E-state index contributed by atoms with van der Waals surface area (Å²) in [6.45, 7) is 3.23. The maximum absolute atomic E-state index is 11.2. The average Bonchev–Trinajstić information content (AvgIpc) is 2.45. The van der Waals surface area contributed by atoms with Crippen molar-refractivity contribution < 1.29 is 14.6 Å². The van der Waals surface area contributed by atoms with E-state index in [4.69, 9.17) is 11.6 Å². The zero-order valence-electron chi connectivity index (χ0n) is 8.13. The normalized spacial score (nSPS) is 11.5. The van der Waals surface area contributed by atoms with E-state index in [1.165, 1.54) is 13.2 Å². The molecular formula is C9H11ClO3S. The van der Waals surface area contributed by atoms with Gasteiger partial charge in [0.25, 0.3) is 0 Å². The Morgan fingerprint density at radius 3 is 2.57 bits per heavy atom. The van der Waals surface area contributed by atoms with E-state index in [2.05, 4.69) is 4.74 Å². The third-order valence-corrected chi connectivity index (χ3v) is 3.47. The fourth-order valence-electron chi connectivity index (χ4n) is 0.987. The Labute approximate surface area is 91.3 Å². The van der Waals surface area contributed by atoms with E-state index in [0.29, 0.717) is 14.8 Å². The van der Waals surface area contributed by atoms with Crippen LogP contribution in [0.4, 0.5) is 0 Å². The Morgan fingerprint density at radius 1 is 1.64 bits per heavy atom. The maximum Gasteiger partial charge on any atom is 0.348 e. The van der Waals surface area contributed by atoms with Crippen LogP contribution in [0.5, 0.6) is 0 Å². The van der Waals surface area contributed by atoms with Gasteiger partial charge in [0.1, 0.15) is 4.88 Å². The molecule has 1 aromatic rings. The van der Waals surface area contributed by atoms with Crippen LogP contribution in [-0.2, 0) is 10.3 Å². The van der Waals surface area contributed by atoms with E-state index in [1.54, 1.807) is 13.8 Å². The molecule has 1 aromatic heterocycles. The summed E-state index contributed by atoms with van der Waals surface area (Å²) in [6.07, 6.45) is 0. The molecule has 0 aliphatic carbocycles. The van der Waals surface area contributed by atoms with E-state index in [9.17, 15) is 9.90 Å². The molecule has 1 heterocycles. The van der Waals surface area contributed by atoms with Crippen molar-refractivity contribution in [3.63, 3.8) is 0 Å². The summed E-state index contributed by atoms with van der Waals surface area (Å²) < 4.78 is 4.55. The number of thiophene rings is 1. The number of carbonyl (C=O) groups is 1. The third-order valence-electron chi connectivity index (χ3n) is 1.63. The van der Waals surface area contributed by atoms with Crippen LogP contribution in [0.1, 0.15) is 28.4 Å². The fraction of sp³-hybridized carbons (Fsp3) is 0.444. The van der Waals surface area contributed by atoms with Gasteiger partial charge in [-0.3, -0.25) is 0 Å². The van der Waals surface area contributed by atoms with Gasteiger partial charge in [-0.05, 0) is 19.9 Å². The highest BCUT2D eigenvalue weighted by molar-refractivity contribution is 7.14. The molecule has 0 amide bonds. The largest absolute Gasteiger partial charge is 0.465 e. The number of aliphatic hydroxyl groups is 1. The van der Waals surface area contributed by atoms with Gasteiger partial charge in [-0.25, -0.2) is 4.79 Å². The zero-order valence-corrected chi connectivity index (χ0v) is 9.70. The standard InChI is InChI=1S/C9H11ClO3S/c1-9(2,12)7-5(10)4-6(14-7)8(11)13-3/h4,12H,1-3H3. The lowest BCUT2D eigenvalue weighted by molar-refractivity contribution is 0.0606. The van der Waals surface area contributed by atoms with Crippen molar-refractivity contribution in [1.82, 2.24) is 0 Å². The number of esters is 1. The molecule has 78 valence electrons. The molecule has 0 aliphatic rings. The first-order valence-electron chi connectivity index (χ1n) is 3.96.